The predicted octanol–water partition coefficient (Wildman–Crippen LogP) is 4.13. The monoisotopic (exact) mass is 399 g/mol. The van der Waals surface area contributed by atoms with Gasteiger partial charge in [-0.3, -0.25) is 9.69 Å². The lowest BCUT2D eigenvalue weighted by atomic mass is 9.90. The van der Waals surface area contributed by atoms with Gasteiger partial charge in [0.2, 0.25) is 0 Å². The minimum atomic E-state index is -0.808. The number of hydrogen-bond acceptors (Lipinski definition) is 5. The molecule has 29 heavy (non-hydrogen) atoms. The Morgan fingerprint density at radius 3 is 2.34 bits per heavy atom. The second-order valence-corrected chi connectivity index (χ2v) is 7.04. The first-order chi connectivity index (χ1) is 14.1. The summed E-state index contributed by atoms with van der Waals surface area (Å²) in [6.45, 7) is 3.13. The Bertz CT molecular complexity index is 816. The molecule has 1 heterocycles. The molecule has 2 aromatic carbocycles. The number of aliphatic carboxylic acids is 1. The van der Waals surface area contributed by atoms with Crippen LogP contribution in [0.15, 0.2) is 42.5 Å². The summed E-state index contributed by atoms with van der Waals surface area (Å²) in [5.41, 5.74) is 1.73. The summed E-state index contributed by atoms with van der Waals surface area (Å²) in [4.78, 5) is 14.2. The van der Waals surface area contributed by atoms with E-state index in [1.165, 1.54) is 0 Å². The zero-order valence-electron chi connectivity index (χ0n) is 17.3. The van der Waals surface area contributed by atoms with Crippen LogP contribution in [0.25, 0.3) is 0 Å². The van der Waals surface area contributed by atoms with E-state index in [-0.39, 0.29) is 6.04 Å². The van der Waals surface area contributed by atoms with Crippen molar-refractivity contribution in [1.82, 2.24) is 4.90 Å². The van der Waals surface area contributed by atoms with Crippen molar-refractivity contribution in [2.75, 3.05) is 27.4 Å². The van der Waals surface area contributed by atoms with Crippen molar-refractivity contribution in [3.05, 3.63) is 53.6 Å². The second kappa shape index (κ2) is 9.65. The van der Waals surface area contributed by atoms with Crippen LogP contribution in [0.1, 0.15) is 43.4 Å². The Morgan fingerprint density at radius 1 is 1.07 bits per heavy atom. The SMILES string of the molecule is CCOc1ccccc1C(c1c(OC)cccc1OC)N1CCCCC1C(=O)O. The third-order valence-electron chi connectivity index (χ3n) is 5.41. The molecule has 0 aliphatic carbocycles. The smallest absolute Gasteiger partial charge is 0.320 e. The molecule has 6 heteroatoms. The van der Waals surface area contributed by atoms with Crippen molar-refractivity contribution >= 4 is 5.97 Å². The van der Waals surface area contributed by atoms with Crippen molar-refractivity contribution in [2.24, 2.45) is 0 Å². The predicted molar refractivity (Wildman–Crippen MR) is 111 cm³/mol. The molecule has 0 bridgehead atoms. The maximum absolute atomic E-state index is 12.1. The van der Waals surface area contributed by atoms with Crippen molar-refractivity contribution in [3.63, 3.8) is 0 Å². The minimum absolute atomic E-state index is 0.370. The van der Waals surface area contributed by atoms with Crippen LogP contribution in [0, 0.1) is 0 Å². The fraction of sp³-hybridized carbons (Fsp3) is 0.435. The molecule has 0 spiro atoms. The van der Waals surface area contributed by atoms with Crippen LogP contribution in [-0.2, 0) is 4.79 Å². The summed E-state index contributed by atoms with van der Waals surface area (Å²) in [5, 5.41) is 9.94. The number of hydrogen-bond donors (Lipinski definition) is 1. The van der Waals surface area contributed by atoms with E-state index < -0.39 is 12.0 Å². The Kier molecular flexibility index (Phi) is 6.99. The normalized spacial score (nSPS) is 18.1. The molecule has 3 rings (SSSR count). The molecular weight excluding hydrogens is 370 g/mol. The molecule has 0 aromatic heterocycles. The van der Waals surface area contributed by atoms with E-state index in [0.717, 1.165) is 29.7 Å². The van der Waals surface area contributed by atoms with Crippen molar-refractivity contribution in [2.45, 2.75) is 38.3 Å². The van der Waals surface area contributed by atoms with Gasteiger partial charge in [0.25, 0.3) is 0 Å². The number of likely N-dealkylation sites (tertiary alicyclic amines) is 1. The van der Waals surface area contributed by atoms with E-state index in [0.29, 0.717) is 31.1 Å². The zero-order valence-corrected chi connectivity index (χ0v) is 17.3. The van der Waals surface area contributed by atoms with E-state index in [4.69, 9.17) is 14.2 Å². The molecule has 1 aliphatic heterocycles. The van der Waals surface area contributed by atoms with Crippen LogP contribution in [0.3, 0.4) is 0 Å². The summed E-state index contributed by atoms with van der Waals surface area (Å²) in [7, 11) is 3.24. The highest BCUT2D eigenvalue weighted by Crippen LogP contribution is 2.45. The van der Waals surface area contributed by atoms with Crippen LogP contribution < -0.4 is 14.2 Å². The second-order valence-electron chi connectivity index (χ2n) is 7.04. The number of piperidine rings is 1. The molecule has 2 unspecified atom stereocenters. The third kappa shape index (κ3) is 4.32. The Balaban J connectivity index is 2.25. The molecule has 0 saturated carbocycles. The molecule has 2 atom stereocenters. The fourth-order valence-electron chi connectivity index (χ4n) is 4.17. The quantitative estimate of drug-likeness (QED) is 0.720. The number of carbonyl (C=O) groups is 1. The molecular formula is C23H29NO5. The Morgan fingerprint density at radius 2 is 1.72 bits per heavy atom. The van der Waals surface area contributed by atoms with Crippen LogP contribution >= 0.6 is 0 Å². The van der Waals surface area contributed by atoms with E-state index >= 15 is 0 Å². The zero-order chi connectivity index (χ0) is 20.8. The fourth-order valence-corrected chi connectivity index (χ4v) is 4.17. The lowest BCUT2D eigenvalue weighted by molar-refractivity contribution is -0.145. The molecule has 6 nitrogen and oxygen atoms in total. The van der Waals surface area contributed by atoms with Gasteiger partial charge in [0.05, 0.1) is 32.4 Å². The number of carboxylic acid groups (broad SMARTS) is 1. The topological polar surface area (TPSA) is 68.2 Å². The van der Waals surface area contributed by atoms with Gasteiger partial charge in [0.15, 0.2) is 0 Å². The first kappa shape index (κ1) is 21.0. The first-order valence-electron chi connectivity index (χ1n) is 10.0. The lowest BCUT2D eigenvalue weighted by Gasteiger charge is -2.40. The van der Waals surface area contributed by atoms with Crippen molar-refractivity contribution in [1.29, 1.82) is 0 Å². The van der Waals surface area contributed by atoms with Crippen LogP contribution in [-0.4, -0.2) is 49.4 Å². The molecule has 1 N–H and O–H groups in total. The molecule has 1 fully saturated rings. The van der Waals surface area contributed by atoms with Gasteiger partial charge in [-0.25, -0.2) is 0 Å². The highest BCUT2D eigenvalue weighted by atomic mass is 16.5. The summed E-state index contributed by atoms with van der Waals surface area (Å²) in [5.74, 6) is 1.26. The number of nitrogens with zero attached hydrogens (tertiary/aromatic N) is 1. The number of methoxy groups -OCH3 is 2. The lowest BCUT2D eigenvalue weighted by Crippen LogP contribution is -2.47. The van der Waals surface area contributed by atoms with Gasteiger partial charge in [0.1, 0.15) is 23.3 Å². The molecule has 2 aromatic rings. The molecule has 1 aliphatic rings. The number of rotatable bonds is 8. The summed E-state index contributed by atoms with van der Waals surface area (Å²) >= 11 is 0. The maximum Gasteiger partial charge on any atom is 0.320 e. The van der Waals surface area contributed by atoms with E-state index in [9.17, 15) is 9.90 Å². The van der Waals surface area contributed by atoms with Crippen LogP contribution in [0.5, 0.6) is 17.2 Å². The molecule has 0 amide bonds. The molecule has 1 saturated heterocycles. The van der Waals surface area contributed by atoms with Gasteiger partial charge in [-0.15, -0.1) is 0 Å². The first-order valence-corrected chi connectivity index (χ1v) is 10.0. The van der Waals surface area contributed by atoms with Gasteiger partial charge >= 0.3 is 5.97 Å². The average molecular weight is 399 g/mol. The van der Waals surface area contributed by atoms with Crippen LogP contribution in [0.4, 0.5) is 0 Å². The van der Waals surface area contributed by atoms with Crippen molar-refractivity contribution < 1.29 is 24.1 Å². The van der Waals surface area contributed by atoms with Crippen molar-refractivity contribution in [3.8, 4) is 17.2 Å². The largest absolute Gasteiger partial charge is 0.496 e. The van der Waals surface area contributed by atoms with E-state index in [1.54, 1.807) is 14.2 Å². The van der Waals surface area contributed by atoms with E-state index in [2.05, 4.69) is 0 Å². The van der Waals surface area contributed by atoms with Crippen LogP contribution in [0.2, 0.25) is 0 Å². The number of benzene rings is 2. The van der Waals surface area contributed by atoms with Gasteiger partial charge in [-0.1, -0.05) is 30.7 Å². The minimum Gasteiger partial charge on any atom is -0.496 e. The van der Waals surface area contributed by atoms with Gasteiger partial charge < -0.3 is 19.3 Å². The summed E-state index contributed by atoms with van der Waals surface area (Å²) < 4.78 is 17.3. The highest BCUT2D eigenvalue weighted by molar-refractivity contribution is 5.74. The van der Waals surface area contributed by atoms with Gasteiger partial charge in [0, 0.05) is 5.56 Å². The summed E-state index contributed by atoms with van der Waals surface area (Å²) in [6, 6.07) is 12.5. The third-order valence-corrected chi connectivity index (χ3v) is 5.41. The number of carboxylic acids is 1. The Hall–Kier alpha value is -2.73. The molecule has 0 radical (unpaired) electrons. The molecule has 156 valence electrons. The number of para-hydroxylation sites is 1. The van der Waals surface area contributed by atoms with Gasteiger partial charge in [-0.2, -0.15) is 0 Å². The standard InChI is InChI=1S/C23H29NO5/c1-4-29-18-12-6-5-10-16(18)22(24-15-8-7-11-17(24)23(25)26)21-19(27-2)13-9-14-20(21)28-3/h5-6,9-10,12-14,17,22H,4,7-8,11,15H2,1-3H3,(H,25,26). The number of ether oxygens (including phenoxy) is 3. The highest BCUT2D eigenvalue weighted by Gasteiger charge is 2.38. The van der Waals surface area contributed by atoms with E-state index in [1.807, 2.05) is 54.3 Å². The summed E-state index contributed by atoms with van der Waals surface area (Å²) in [6.07, 6.45) is 2.45. The van der Waals surface area contributed by atoms with Gasteiger partial charge in [-0.05, 0) is 44.5 Å². The maximum atomic E-state index is 12.1. The average Bonchev–Trinajstić information content (AvgIpc) is 2.75. The Labute approximate surface area is 172 Å².